The highest BCUT2D eigenvalue weighted by Crippen LogP contribution is 2.19. The van der Waals surface area contributed by atoms with Crippen molar-refractivity contribution in [3.05, 3.63) is 11.0 Å². The summed E-state index contributed by atoms with van der Waals surface area (Å²) in [5, 5.41) is -1.23. The van der Waals surface area contributed by atoms with E-state index in [9.17, 15) is 18.0 Å². The predicted molar refractivity (Wildman–Crippen MR) is 34.0 cm³/mol. The van der Waals surface area contributed by atoms with E-state index in [0.29, 0.717) is 6.08 Å². The molecule has 0 saturated carbocycles. The van der Waals surface area contributed by atoms with E-state index in [0.717, 1.165) is 0 Å². The molecule has 0 aromatic carbocycles. The zero-order valence-corrected chi connectivity index (χ0v) is 6.48. The first-order valence-corrected chi connectivity index (χ1v) is 4.12. The smallest absolute Gasteiger partial charge is 0.338 e. The molecule has 0 bridgehead atoms. The van der Waals surface area contributed by atoms with Crippen LogP contribution in [0, 0.1) is 0 Å². The molecule has 1 heterocycles. The molecule has 1 aliphatic rings. The Labute approximate surface area is 66.7 Å². The van der Waals surface area contributed by atoms with Crippen LogP contribution in [0.1, 0.15) is 0 Å². The van der Waals surface area contributed by atoms with Gasteiger partial charge in [0.05, 0.1) is 6.08 Å². The number of rotatable bonds is 1. The Hall–Kier alpha value is -0.880. The van der Waals surface area contributed by atoms with Gasteiger partial charge in [0.2, 0.25) is 0 Å². The molecule has 0 aromatic rings. The first-order chi connectivity index (χ1) is 4.93. The summed E-state index contributed by atoms with van der Waals surface area (Å²) >= 11 is 4.82. The summed E-state index contributed by atoms with van der Waals surface area (Å²) in [7, 11) is -4.21. The predicted octanol–water partition coefficient (Wildman–Crippen LogP) is -0.478. The first-order valence-electron chi connectivity index (χ1n) is 2.33. The quantitative estimate of drug-likeness (QED) is 0.418. The lowest BCUT2D eigenvalue weighted by Gasteiger charge is -1.91. The average molecular weight is 197 g/mol. The molecule has 1 aliphatic heterocycles. The van der Waals surface area contributed by atoms with E-state index in [1.807, 2.05) is 0 Å². The van der Waals surface area contributed by atoms with Gasteiger partial charge in [0.25, 0.3) is 5.24 Å². The molecule has 0 N–H and O–H groups in total. The lowest BCUT2D eigenvalue weighted by Crippen LogP contribution is -2.06. The number of carbonyl (C=O) groups excluding carboxylic acids is 2. The monoisotopic (exact) mass is 196 g/mol. The maximum absolute atomic E-state index is 10.6. The van der Waals surface area contributed by atoms with Crippen LogP contribution in [-0.4, -0.2) is 19.6 Å². The van der Waals surface area contributed by atoms with Crippen LogP contribution in [0.15, 0.2) is 11.0 Å². The highest BCUT2D eigenvalue weighted by atomic mass is 35.5. The van der Waals surface area contributed by atoms with E-state index < -0.39 is 26.2 Å². The second kappa shape index (κ2) is 2.31. The first kappa shape index (κ1) is 8.22. The number of allylic oxidation sites excluding steroid dienone is 1. The van der Waals surface area contributed by atoms with Crippen molar-refractivity contribution in [3.63, 3.8) is 0 Å². The topological polar surface area (TPSA) is 77.5 Å². The zero-order chi connectivity index (χ0) is 8.65. The van der Waals surface area contributed by atoms with E-state index in [2.05, 4.69) is 4.18 Å². The van der Waals surface area contributed by atoms with Gasteiger partial charge in [0.1, 0.15) is 0 Å². The van der Waals surface area contributed by atoms with E-state index in [1.54, 1.807) is 0 Å². The van der Waals surface area contributed by atoms with Gasteiger partial charge in [-0.05, 0) is 11.6 Å². The maximum atomic E-state index is 10.6. The van der Waals surface area contributed by atoms with Gasteiger partial charge >= 0.3 is 16.1 Å². The summed E-state index contributed by atoms with van der Waals surface area (Å²) in [6.45, 7) is 0. The van der Waals surface area contributed by atoms with Gasteiger partial charge in [-0.15, -0.1) is 0 Å². The van der Waals surface area contributed by atoms with Crippen molar-refractivity contribution >= 4 is 32.9 Å². The fourth-order valence-corrected chi connectivity index (χ4v) is 1.64. The molecule has 0 aromatic heterocycles. The fourth-order valence-electron chi connectivity index (χ4n) is 0.511. The van der Waals surface area contributed by atoms with Crippen molar-refractivity contribution in [1.82, 2.24) is 0 Å². The van der Waals surface area contributed by atoms with Gasteiger partial charge in [-0.25, -0.2) is 4.79 Å². The highest BCUT2D eigenvalue weighted by Gasteiger charge is 2.34. The molecular formula is C4HClO5S. The Morgan fingerprint density at radius 3 is 2.27 bits per heavy atom. The number of hydrogen-bond donors (Lipinski definition) is 0. The van der Waals surface area contributed by atoms with E-state index >= 15 is 0 Å². The molecule has 7 heteroatoms. The third kappa shape index (κ3) is 1.41. The van der Waals surface area contributed by atoms with Crippen LogP contribution in [0.2, 0.25) is 0 Å². The molecule has 0 unspecified atom stereocenters. The Morgan fingerprint density at radius 1 is 1.55 bits per heavy atom. The summed E-state index contributed by atoms with van der Waals surface area (Å²) in [6.07, 6.45) is 0.532. The van der Waals surface area contributed by atoms with Crippen molar-refractivity contribution in [3.8, 4) is 0 Å². The van der Waals surface area contributed by atoms with Gasteiger partial charge in [-0.3, -0.25) is 4.79 Å². The Kier molecular flexibility index (Phi) is 1.73. The molecule has 0 fully saturated rings. The van der Waals surface area contributed by atoms with Gasteiger partial charge in [0, 0.05) is 0 Å². The second-order valence-electron chi connectivity index (χ2n) is 1.64. The van der Waals surface area contributed by atoms with Crippen molar-refractivity contribution < 1.29 is 22.2 Å². The highest BCUT2D eigenvalue weighted by molar-refractivity contribution is 7.92. The number of carbonyl (C=O) groups is 2. The molecular weight excluding hydrogens is 196 g/mol. The third-order valence-electron chi connectivity index (χ3n) is 0.904. The van der Waals surface area contributed by atoms with E-state index in [1.165, 1.54) is 0 Å². The minimum absolute atomic E-state index is 0.532. The normalized spacial score (nSPS) is 20.8. The summed E-state index contributed by atoms with van der Waals surface area (Å²) in [6, 6.07) is 0. The summed E-state index contributed by atoms with van der Waals surface area (Å²) in [5.41, 5.74) is 0. The average Bonchev–Trinajstić information content (AvgIpc) is 2.04. The van der Waals surface area contributed by atoms with Gasteiger partial charge in [-0.2, -0.15) is 8.42 Å². The lowest BCUT2D eigenvalue weighted by molar-refractivity contribution is -0.127. The summed E-state index contributed by atoms with van der Waals surface area (Å²) < 4.78 is 25.0. The van der Waals surface area contributed by atoms with Crippen LogP contribution >= 0.6 is 11.6 Å². The Balaban J connectivity index is 3.23. The number of halogens is 1. The largest absolute Gasteiger partial charge is 0.348 e. The second-order valence-corrected chi connectivity index (χ2v) is 3.50. The van der Waals surface area contributed by atoms with E-state index in [4.69, 9.17) is 11.6 Å². The maximum Gasteiger partial charge on any atom is 0.348 e. The van der Waals surface area contributed by atoms with Gasteiger partial charge < -0.3 is 4.18 Å². The molecule has 0 saturated heterocycles. The van der Waals surface area contributed by atoms with Gasteiger partial charge in [0.15, 0.2) is 4.91 Å². The zero-order valence-electron chi connectivity index (χ0n) is 4.90. The van der Waals surface area contributed by atoms with Crippen molar-refractivity contribution in [2.45, 2.75) is 0 Å². The third-order valence-corrected chi connectivity index (χ3v) is 2.45. The van der Waals surface area contributed by atoms with Crippen molar-refractivity contribution in [2.24, 2.45) is 0 Å². The standard InChI is InChI=1S/C4HClO5S/c5-4(7)2-1-3(6)10-11(2,8)9/h1H. The fraction of sp³-hybridized carbons (Fsp3) is 0. The molecule has 0 aliphatic carbocycles. The molecule has 0 spiro atoms. The van der Waals surface area contributed by atoms with E-state index in [-0.39, 0.29) is 0 Å². The van der Waals surface area contributed by atoms with Crippen LogP contribution in [0.5, 0.6) is 0 Å². The SMILES string of the molecule is O=C1C=C(C(=O)Cl)S(=O)(=O)O1. The molecule has 0 atom stereocenters. The van der Waals surface area contributed by atoms with Crippen LogP contribution < -0.4 is 0 Å². The molecule has 60 valence electrons. The Bertz CT molecular complexity index is 351. The van der Waals surface area contributed by atoms with Crippen LogP contribution in [0.4, 0.5) is 0 Å². The minimum Gasteiger partial charge on any atom is -0.338 e. The Morgan fingerprint density at radius 2 is 2.09 bits per heavy atom. The molecule has 0 radical (unpaired) electrons. The molecule has 11 heavy (non-hydrogen) atoms. The van der Waals surface area contributed by atoms with Crippen molar-refractivity contribution in [1.29, 1.82) is 0 Å². The summed E-state index contributed by atoms with van der Waals surface area (Å²) in [4.78, 5) is 19.8. The molecule has 1 rings (SSSR count). The lowest BCUT2D eigenvalue weighted by atomic mass is 10.5. The van der Waals surface area contributed by atoms with Crippen LogP contribution in [0.25, 0.3) is 0 Å². The number of hydrogen-bond acceptors (Lipinski definition) is 5. The molecule has 5 nitrogen and oxygen atoms in total. The minimum atomic E-state index is -4.21. The van der Waals surface area contributed by atoms with Gasteiger partial charge in [-0.1, -0.05) is 0 Å². The molecule has 0 amide bonds. The van der Waals surface area contributed by atoms with Crippen LogP contribution in [0.3, 0.4) is 0 Å². The summed E-state index contributed by atoms with van der Waals surface area (Å²) in [5.74, 6) is -1.10. The van der Waals surface area contributed by atoms with Crippen LogP contribution in [-0.2, 0) is 23.9 Å². The van der Waals surface area contributed by atoms with Crippen molar-refractivity contribution in [2.75, 3.05) is 0 Å².